The van der Waals surface area contributed by atoms with Gasteiger partial charge in [0.2, 0.25) is 5.76 Å². The van der Waals surface area contributed by atoms with Gasteiger partial charge in [0.15, 0.2) is 0 Å². The summed E-state index contributed by atoms with van der Waals surface area (Å²) in [6.07, 6.45) is 3.84. The fraction of sp³-hybridized carbons (Fsp3) is 0.471. The van der Waals surface area contributed by atoms with Crippen LogP contribution in [0.4, 0.5) is 0 Å². The molecular weight excluding hydrogens is 266 g/mol. The first-order chi connectivity index (χ1) is 10.1. The molecule has 2 heterocycles. The summed E-state index contributed by atoms with van der Waals surface area (Å²) in [6, 6.07) is 7.55. The Morgan fingerprint density at radius 2 is 2.19 bits per heavy atom. The molecule has 0 radical (unpaired) electrons. The van der Waals surface area contributed by atoms with Crippen LogP contribution in [0.1, 0.15) is 42.3 Å². The maximum Gasteiger partial charge on any atom is 0.371 e. The van der Waals surface area contributed by atoms with E-state index in [-0.39, 0.29) is 5.76 Å². The number of aromatic carboxylic acids is 1. The van der Waals surface area contributed by atoms with Crippen molar-refractivity contribution in [2.45, 2.75) is 32.7 Å². The second kappa shape index (κ2) is 5.90. The molecule has 2 aromatic rings. The molecule has 21 heavy (non-hydrogen) atoms. The molecular formula is C17H21NO3. The molecule has 0 aliphatic carbocycles. The number of carboxylic acid groups (broad SMARTS) is 1. The molecule has 1 aliphatic heterocycles. The van der Waals surface area contributed by atoms with E-state index in [1.807, 2.05) is 18.2 Å². The van der Waals surface area contributed by atoms with Crippen LogP contribution in [0.2, 0.25) is 0 Å². The van der Waals surface area contributed by atoms with Crippen molar-refractivity contribution in [1.82, 2.24) is 4.90 Å². The number of fused-ring (bicyclic) bond motifs is 1. The van der Waals surface area contributed by atoms with Gasteiger partial charge in [-0.25, -0.2) is 4.79 Å². The molecule has 1 atom stereocenters. The van der Waals surface area contributed by atoms with Crippen LogP contribution in [0.5, 0.6) is 0 Å². The number of hydrogen-bond acceptors (Lipinski definition) is 3. The molecule has 4 nitrogen and oxygen atoms in total. The fourth-order valence-corrected chi connectivity index (χ4v) is 3.04. The highest BCUT2D eigenvalue weighted by Crippen LogP contribution is 2.23. The summed E-state index contributed by atoms with van der Waals surface area (Å²) in [5.41, 5.74) is 1.86. The topological polar surface area (TPSA) is 53.7 Å². The van der Waals surface area contributed by atoms with E-state index in [1.165, 1.54) is 24.8 Å². The first-order valence-electron chi connectivity index (χ1n) is 7.60. The molecule has 4 heteroatoms. The van der Waals surface area contributed by atoms with Crippen molar-refractivity contribution in [1.29, 1.82) is 0 Å². The van der Waals surface area contributed by atoms with Crippen molar-refractivity contribution in [2.75, 3.05) is 13.1 Å². The SMILES string of the molecule is CC1CCCN(Cc2ccc3oc(C(=O)O)cc3c2)CC1. The minimum absolute atomic E-state index is 0.00532. The lowest BCUT2D eigenvalue weighted by Crippen LogP contribution is -2.24. The van der Waals surface area contributed by atoms with Crippen molar-refractivity contribution in [3.63, 3.8) is 0 Å². The molecule has 0 saturated carbocycles. The highest BCUT2D eigenvalue weighted by Gasteiger charge is 2.15. The zero-order valence-electron chi connectivity index (χ0n) is 12.3. The van der Waals surface area contributed by atoms with Gasteiger partial charge in [0.25, 0.3) is 0 Å². The number of hydrogen-bond donors (Lipinski definition) is 1. The molecule has 1 N–H and O–H groups in total. The fourth-order valence-electron chi connectivity index (χ4n) is 3.04. The van der Waals surface area contributed by atoms with E-state index in [4.69, 9.17) is 9.52 Å². The molecule has 3 rings (SSSR count). The predicted molar refractivity (Wildman–Crippen MR) is 81.5 cm³/mol. The molecule has 1 unspecified atom stereocenters. The first kappa shape index (κ1) is 14.1. The molecule has 1 aliphatic rings. The maximum absolute atomic E-state index is 10.9. The molecule has 0 bridgehead atoms. The summed E-state index contributed by atoms with van der Waals surface area (Å²) < 4.78 is 5.30. The van der Waals surface area contributed by atoms with Crippen molar-refractivity contribution >= 4 is 16.9 Å². The van der Waals surface area contributed by atoms with Crippen LogP contribution in [0.15, 0.2) is 28.7 Å². The lowest BCUT2D eigenvalue weighted by atomic mass is 10.0. The Hall–Kier alpha value is -1.81. The molecule has 0 spiro atoms. The highest BCUT2D eigenvalue weighted by molar-refractivity contribution is 5.91. The molecule has 1 saturated heterocycles. The number of likely N-dealkylation sites (tertiary alicyclic amines) is 1. The Morgan fingerprint density at radius 3 is 3.00 bits per heavy atom. The largest absolute Gasteiger partial charge is 0.475 e. The van der Waals surface area contributed by atoms with Crippen LogP contribution in [0, 0.1) is 5.92 Å². The Labute approximate surface area is 124 Å². The zero-order valence-corrected chi connectivity index (χ0v) is 12.3. The van der Waals surface area contributed by atoms with Crippen molar-refractivity contribution in [2.24, 2.45) is 5.92 Å². The summed E-state index contributed by atoms with van der Waals surface area (Å²) in [5.74, 6) is -0.190. The number of carboxylic acids is 1. The average Bonchev–Trinajstić information content (AvgIpc) is 2.77. The Kier molecular flexibility index (Phi) is 3.97. The van der Waals surface area contributed by atoms with Crippen LogP contribution < -0.4 is 0 Å². The molecule has 1 aromatic heterocycles. The van der Waals surface area contributed by atoms with Crippen LogP contribution >= 0.6 is 0 Å². The maximum atomic E-state index is 10.9. The Balaban J connectivity index is 1.76. The Morgan fingerprint density at radius 1 is 1.33 bits per heavy atom. The average molecular weight is 287 g/mol. The van der Waals surface area contributed by atoms with E-state index in [9.17, 15) is 4.79 Å². The quantitative estimate of drug-likeness (QED) is 0.934. The van der Waals surface area contributed by atoms with E-state index < -0.39 is 5.97 Å². The van der Waals surface area contributed by atoms with Crippen LogP contribution in [0.3, 0.4) is 0 Å². The third kappa shape index (κ3) is 3.27. The summed E-state index contributed by atoms with van der Waals surface area (Å²) in [4.78, 5) is 13.4. The van der Waals surface area contributed by atoms with Crippen molar-refractivity contribution < 1.29 is 14.3 Å². The van der Waals surface area contributed by atoms with Gasteiger partial charge in [-0.1, -0.05) is 13.0 Å². The zero-order chi connectivity index (χ0) is 14.8. The predicted octanol–water partition coefficient (Wildman–Crippen LogP) is 3.75. The highest BCUT2D eigenvalue weighted by atomic mass is 16.4. The van der Waals surface area contributed by atoms with Gasteiger partial charge in [-0.05, 0) is 62.0 Å². The van der Waals surface area contributed by atoms with E-state index in [0.717, 1.165) is 30.9 Å². The minimum atomic E-state index is -1.02. The number of rotatable bonds is 3. The monoisotopic (exact) mass is 287 g/mol. The summed E-state index contributed by atoms with van der Waals surface area (Å²) in [6.45, 7) is 5.55. The number of furan rings is 1. The van der Waals surface area contributed by atoms with Gasteiger partial charge in [-0.15, -0.1) is 0 Å². The molecule has 112 valence electrons. The first-order valence-corrected chi connectivity index (χ1v) is 7.60. The van der Waals surface area contributed by atoms with Crippen LogP contribution in [0.25, 0.3) is 11.0 Å². The van der Waals surface area contributed by atoms with Gasteiger partial charge in [-0.3, -0.25) is 4.90 Å². The summed E-state index contributed by atoms with van der Waals surface area (Å²) in [5, 5.41) is 9.84. The lowest BCUT2D eigenvalue weighted by Gasteiger charge is -2.19. The van der Waals surface area contributed by atoms with Gasteiger partial charge in [0.05, 0.1) is 0 Å². The Bertz CT molecular complexity index is 647. The van der Waals surface area contributed by atoms with Gasteiger partial charge in [-0.2, -0.15) is 0 Å². The third-order valence-corrected chi connectivity index (χ3v) is 4.31. The van der Waals surface area contributed by atoms with E-state index in [2.05, 4.69) is 11.8 Å². The van der Waals surface area contributed by atoms with Crippen molar-refractivity contribution in [3.8, 4) is 0 Å². The number of benzene rings is 1. The third-order valence-electron chi connectivity index (χ3n) is 4.31. The summed E-state index contributed by atoms with van der Waals surface area (Å²) >= 11 is 0. The van der Waals surface area contributed by atoms with E-state index in [1.54, 1.807) is 6.07 Å². The minimum Gasteiger partial charge on any atom is -0.475 e. The molecule has 1 aromatic carbocycles. The van der Waals surface area contributed by atoms with Gasteiger partial charge < -0.3 is 9.52 Å². The van der Waals surface area contributed by atoms with E-state index >= 15 is 0 Å². The lowest BCUT2D eigenvalue weighted by molar-refractivity contribution is 0.0665. The standard InChI is InChI=1S/C17H21NO3/c1-12-3-2-7-18(8-6-12)11-13-4-5-15-14(9-13)10-16(21-15)17(19)20/h4-5,9-10,12H,2-3,6-8,11H2,1H3,(H,19,20). The number of nitrogens with zero attached hydrogens (tertiary/aromatic N) is 1. The van der Waals surface area contributed by atoms with Gasteiger partial charge >= 0.3 is 5.97 Å². The molecule has 1 fully saturated rings. The normalized spacial score (nSPS) is 20.5. The summed E-state index contributed by atoms with van der Waals surface area (Å²) in [7, 11) is 0. The molecule has 0 amide bonds. The van der Waals surface area contributed by atoms with Gasteiger partial charge in [0, 0.05) is 11.9 Å². The van der Waals surface area contributed by atoms with Crippen LogP contribution in [-0.4, -0.2) is 29.1 Å². The van der Waals surface area contributed by atoms with Gasteiger partial charge in [0.1, 0.15) is 5.58 Å². The number of carbonyl (C=O) groups is 1. The second-order valence-corrected chi connectivity index (χ2v) is 6.10. The van der Waals surface area contributed by atoms with Crippen LogP contribution in [-0.2, 0) is 6.54 Å². The van der Waals surface area contributed by atoms with Crippen molar-refractivity contribution in [3.05, 3.63) is 35.6 Å². The second-order valence-electron chi connectivity index (χ2n) is 6.10. The smallest absolute Gasteiger partial charge is 0.371 e. The van der Waals surface area contributed by atoms with E-state index in [0.29, 0.717) is 5.58 Å².